The first-order valence-corrected chi connectivity index (χ1v) is 11.7. The molecule has 1 amide bonds. The van der Waals surface area contributed by atoms with E-state index in [9.17, 15) is 17.6 Å². The van der Waals surface area contributed by atoms with E-state index in [1.165, 1.54) is 24.3 Å². The summed E-state index contributed by atoms with van der Waals surface area (Å²) in [4.78, 5) is 12.7. The molecule has 5 nitrogen and oxygen atoms in total. The minimum absolute atomic E-state index is 0.114. The third-order valence-electron chi connectivity index (χ3n) is 4.38. The number of hydrogen-bond acceptors (Lipinski definition) is 3. The van der Waals surface area contributed by atoms with Crippen molar-refractivity contribution in [3.63, 3.8) is 0 Å². The minimum atomic E-state index is -3.92. The molecule has 0 atom stereocenters. The van der Waals surface area contributed by atoms with Crippen molar-refractivity contribution in [2.75, 3.05) is 17.4 Å². The van der Waals surface area contributed by atoms with Crippen LogP contribution in [0.4, 0.5) is 10.1 Å². The molecule has 0 fully saturated rings. The second-order valence-corrected chi connectivity index (χ2v) is 9.64. The van der Waals surface area contributed by atoms with Gasteiger partial charge < -0.3 is 5.32 Å². The largest absolute Gasteiger partial charge is 0.354 e. The number of carbonyl (C=O) groups excluding carboxylic acids is 1. The number of sulfonamides is 1. The maximum absolute atomic E-state index is 13.2. The van der Waals surface area contributed by atoms with Crippen molar-refractivity contribution in [2.45, 2.75) is 11.3 Å². The Kier molecular flexibility index (Phi) is 7.43. The zero-order chi connectivity index (χ0) is 21.6. The maximum atomic E-state index is 13.2. The van der Waals surface area contributed by atoms with Gasteiger partial charge in [-0.05, 0) is 83.1 Å². The Hall–Kier alpha value is -2.46. The van der Waals surface area contributed by atoms with E-state index in [0.717, 1.165) is 13.4 Å². The van der Waals surface area contributed by atoms with Crippen molar-refractivity contribution < 1.29 is 17.6 Å². The number of anilines is 1. The Morgan fingerprint density at radius 1 is 0.933 bits per heavy atom. The first-order chi connectivity index (χ1) is 14.4. The second kappa shape index (κ2) is 10.0. The third kappa shape index (κ3) is 5.79. The lowest BCUT2D eigenvalue weighted by atomic mass is 10.1. The monoisotopic (exact) mass is 538 g/mol. The van der Waals surface area contributed by atoms with Crippen molar-refractivity contribution in [3.8, 4) is 0 Å². The Bertz CT molecular complexity index is 1090. The van der Waals surface area contributed by atoms with Gasteiger partial charge in [0.2, 0.25) is 5.91 Å². The van der Waals surface area contributed by atoms with Crippen molar-refractivity contribution in [1.82, 2.24) is 5.32 Å². The van der Waals surface area contributed by atoms with Gasteiger partial charge in [-0.15, -0.1) is 0 Å². The molecule has 0 saturated heterocycles. The summed E-state index contributed by atoms with van der Waals surface area (Å²) in [6.45, 7) is -0.0301. The van der Waals surface area contributed by atoms with E-state index in [-0.39, 0.29) is 17.3 Å². The highest BCUT2D eigenvalue weighted by molar-refractivity contribution is 14.1. The lowest BCUT2D eigenvalue weighted by Crippen LogP contribution is -2.41. The first kappa shape index (κ1) is 22.2. The molecule has 3 aromatic rings. The van der Waals surface area contributed by atoms with E-state index in [1.54, 1.807) is 54.6 Å². The molecule has 30 heavy (non-hydrogen) atoms. The molecule has 0 bridgehead atoms. The Morgan fingerprint density at radius 2 is 1.57 bits per heavy atom. The van der Waals surface area contributed by atoms with Crippen LogP contribution < -0.4 is 9.62 Å². The van der Waals surface area contributed by atoms with E-state index in [0.29, 0.717) is 18.7 Å². The average Bonchev–Trinajstić information content (AvgIpc) is 2.75. The standard InChI is InChI=1S/C22H20FIN2O3S/c23-18-8-6-17(7-9-18)14-15-25-22(27)16-26(20-12-10-19(24)11-13-20)30(28,29)21-4-2-1-3-5-21/h1-13H,14-16H2,(H,25,27). The van der Waals surface area contributed by atoms with Gasteiger partial charge in [-0.3, -0.25) is 9.10 Å². The Morgan fingerprint density at radius 3 is 2.20 bits per heavy atom. The van der Waals surface area contributed by atoms with Crippen LogP contribution in [0.3, 0.4) is 0 Å². The molecule has 0 heterocycles. The summed E-state index contributed by atoms with van der Waals surface area (Å²) in [6, 6.07) is 21.0. The van der Waals surface area contributed by atoms with Crippen molar-refractivity contribution in [3.05, 3.63) is 93.8 Å². The Balaban J connectivity index is 1.74. The zero-order valence-corrected chi connectivity index (χ0v) is 18.9. The van der Waals surface area contributed by atoms with Gasteiger partial charge in [0, 0.05) is 10.1 Å². The molecule has 0 aliphatic heterocycles. The van der Waals surface area contributed by atoms with Crippen LogP contribution in [0.1, 0.15) is 5.56 Å². The quantitative estimate of drug-likeness (QED) is 0.442. The van der Waals surface area contributed by atoms with Gasteiger partial charge in [-0.1, -0.05) is 30.3 Å². The van der Waals surface area contributed by atoms with E-state index in [4.69, 9.17) is 0 Å². The maximum Gasteiger partial charge on any atom is 0.264 e. The number of nitrogens with zero attached hydrogens (tertiary/aromatic N) is 1. The first-order valence-electron chi connectivity index (χ1n) is 9.21. The number of hydrogen-bond donors (Lipinski definition) is 1. The van der Waals surface area contributed by atoms with Crippen LogP contribution in [-0.2, 0) is 21.2 Å². The molecule has 0 unspecified atom stereocenters. The van der Waals surface area contributed by atoms with E-state index in [2.05, 4.69) is 27.9 Å². The number of halogens is 2. The van der Waals surface area contributed by atoms with Crippen molar-refractivity contribution in [1.29, 1.82) is 0 Å². The van der Waals surface area contributed by atoms with Gasteiger partial charge >= 0.3 is 0 Å². The van der Waals surface area contributed by atoms with Crippen molar-refractivity contribution in [2.24, 2.45) is 0 Å². The zero-order valence-electron chi connectivity index (χ0n) is 16.0. The fourth-order valence-corrected chi connectivity index (χ4v) is 4.63. The molecule has 0 aliphatic rings. The molecule has 0 aromatic heterocycles. The minimum Gasteiger partial charge on any atom is -0.354 e. The molecule has 0 saturated carbocycles. The SMILES string of the molecule is O=C(CN(c1ccc(I)cc1)S(=O)(=O)c1ccccc1)NCCc1ccc(F)cc1. The number of nitrogens with one attached hydrogen (secondary N) is 1. The van der Waals surface area contributed by atoms with E-state index in [1.807, 2.05) is 0 Å². The number of carbonyl (C=O) groups is 1. The fourth-order valence-electron chi connectivity index (χ4n) is 2.83. The van der Waals surface area contributed by atoms with Gasteiger partial charge in [0.15, 0.2) is 0 Å². The molecule has 3 rings (SSSR count). The Labute approximate surface area is 189 Å². The molecular formula is C22H20FIN2O3S. The highest BCUT2D eigenvalue weighted by atomic mass is 127. The van der Waals surface area contributed by atoms with E-state index >= 15 is 0 Å². The number of rotatable bonds is 8. The van der Waals surface area contributed by atoms with Crippen LogP contribution in [0.2, 0.25) is 0 Å². The highest BCUT2D eigenvalue weighted by Crippen LogP contribution is 2.24. The highest BCUT2D eigenvalue weighted by Gasteiger charge is 2.26. The summed E-state index contributed by atoms with van der Waals surface area (Å²) < 4.78 is 41.4. The lowest BCUT2D eigenvalue weighted by Gasteiger charge is -2.24. The molecule has 0 spiro atoms. The topological polar surface area (TPSA) is 66.5 Å². The summed E-state index contributed by atoms with van der Waals surface area (Å²) in [6.07, 6.45) is 0.515. The van der Waals surface area contributed by atoms with Crippen LogP contribution >= 0.6 is 22.6 Å². The second-order valence-electron chi connectivity index (χ2n) is 6.53. The van der Waals surface area contributed by atoms with Gasteiger partial charge in [0.1, 0.15) is 12.4 Å². The molecule has 0 radical (unpaired) electrons. The smallest absolute Gasteiger partial charge is 0.264 e. The number of benzene rings is 3. The fraction of sp³-hybridized carbons (Fsp3) is 0.136. The normalized spacial score (nSPS) is 11.1. The van der Waals surface area contributed by atoms with Gasteiger partial charge in [0.05, 0.1) is 10.6 Å². The third-order valence-corrected chi connectivity index (χ3v) is 6.89. The molecule has 156 valence electrons. The van der Waals surface area contributed by atoms with Crippen LogP contribution in [0.5, 0.6) is 0 Å². The summed E-state index contributed by atoms with van der Waals surface area (Å²) in [5, 5.41) is 2.74. The molecular weight excluding hydrogens is 518 g/mol. The van der Waals surface area contributed by atoms with Crippen molar-refractivity contribution >= 4 is 44.2 Å². The van der Waals surface area contributed by atoms with Gasteiger partial charge in [-0.25, -0.2) is 12.8 Å². The van der Waals surface area contributed by atoms with Gasteiger partial charge in [0.25, 0.3) is 10.0 Å². The lowest BCUT2D eigenvalue weighted by molar-refractivity contribution is -0.119. The van der Waals surface area contributed by atoms with Crippen LogP contribution in [0.25, 0.3) is 0 Å². The molecule has 3 aromatic carbocycles. The van der Waals surface area contributed by atoms with Crippen LogP contribution in [0, 0.1) is 9.39 Å². The molecule has 1 N–H and O–H groups in total. The predicted octanol–water partition coefficient (Wildman–Crippen LogP) is 3.98. The number of amides is 1. The molecule has 0 aliphatic carbocycles. The summed E-state index contributed by atoms with van der Waals surface area (Å²) >= 11 is 2.13. The van der Waals surface area contributed by atoms with E-state index < -0.39 is 15.9 Å². The molecule has 8 heteroatoms. The predicted molar refractivity (Wildman–Crippen MR) is 123 cm³/mol. The van der Waals surface area contributed by atoms with Crippen LogP contribution in [-0.4, -0.2) is 27.4 Å². The summed E-state index contributed by atoms with van der Waals surface area (Å²) in [7, 11) is -3.92. The van der Waals surface area contributed by atoms with Crippen LogP contribution in [0.15, 0.2) is 83.8 Å². The van der Waals surface area contributed by atoms with Gasteiger partial charge in [-0.2, -0.15) is 0 Å². The summed E-state index contributed by atoms with van der Waals surface area (Å²) in [5.41, 5.74) is 1.29. The summed E-state index contributed by atoms with van der Waals surface area (Å²) in [5.74, 6) is -0.739. The average molecular weight is 538 g/mol.